The molecule has 0 unspecified atom stereocenters. The molecular weight excluding hydrogens is 300 g/mol. The minimum atomic E-state index is -0.999. The van der Waals surface area contributed by atoms with Crippen LogP contribution in [0.3, 0.4) is 0 Å². The predicted octanol–water partition coefficient (Wildman–Crippen LogP) is 2.25. The van der Waals surface area contributed by atoms with E-state index in [9.17, 15) is 9.59 Å². The van der Waals surface area contributed by atoms with Crippen molar-refractivity contribution >= 4 is 23.5 Å². The second-order valence-electron chi connectivity index (χ2n) is 6.20. The van der Waals surface area contributed by atoms with E-state index < -0.39 is 17.7 Å². The van der Waals surface area contributed by atoms with E-state index in [1.165, 1.54) is 15.7 Å². The molecule has 0 saturated heterocycles. The van der Waals surface area contributed by atoms with Crippen molar-refractivity contribution in [3.63, 3.8) is 0 Å². The summed E-state index contributed by atoms with van der Waals surface area (Å²) in [6.07, 6.45) is 0.549. The number of ether oxygens (including phenoxy) is 1. The van der Waals surface area contributed by atoms with Gasteiger partial charge in [0.05, 0.1) is 6.42 Å². The fraction of sp³-hybridized carbons (Fsp3) is 0.467. The smallest absolute Gasteiger partial charge is 0.416 e. The lowest BCUT2D eigenvalue weighted by Gasteiger charge is -2.27. The monoisotopic (exact) mass is 320 g/mol. The first-order chi connectivity index (χ1) is 10.7. The van der Waals surface area contributed by atoms with Crippen molar-refractivity contribution in [2.24, 2.45) is 0 Å². The summed E-state index contributed by atoms with van der Waals surface area (Å²) in [5, 5.41) is 13.0. The Hall–Kier alpha value is -2.64. The van der Waals surface area contributed by atoms with E-state index in [-0.39, 0.29) is 13.0 Å². The largest absolute Gasteiger partial charge is 0.481 e. The average molecular weight is 320 g/mol. The van der Waals surface area contributed by atoms with Crippen LogP contribution in [-0.4, -0.2) is 43.9 Å². The van der Waals surface area contributed by atoms with E-state index in [2.05, 4.69) is 10.1 Å². The van der Waals surface area contributed by atoms with Crippen LogP contribution in [0.5, 0.6) is 0 Å². The maximum Gasteiger partial charge on any atom is 0.416 e. The molecular formula is C15H20N4O4. The van der Waals surface area contributed by atoms with E-state index in [0.717, 1.165) is 5.56 Å². The Morgan fingerprint density at radius 3 is 2.65 bits per heavy atom. The number of hydrogen-bond acceptors (Lipinski definition) is 5. The Kier molecular flexibility index (Phi) is 4.53. The molecule has 0 aliphatic heterocycles. The summed E-state index contributed by atoms with van der Waals surface area (Å²) in [5.74, 6) is -0.575. The quantitative estimate of drug-likeness (QED) is 0.928. The molecule has 124 valence electrons. The number of rotatable bonds is 4. The van der Waals surface area contributed by atoms with Gasteiger partial charge in [-0.15, -0.1) is 0 Å². The zero-order valence-electron chi connectivity index (χ0n) is 13.6. The zero-order valence-corrected chi connectivity index (χ0v) is 13.6. The molecule has 2 aromatic heterocycles. The van der Waals surface area contributed by atoms with Gasteiger partial charge < -0.3 is 9.84 Å². The second-order valence-corrected chi connectivity index (χ2v) is 6.20. The maximum atomic E-state index is 12.5. The molecule has 0 fully saturated rings. The second kappa shape index (κ2) is 6.23. The molecule has 2 rings (SSSR count). The Balaban J connectivity index is 2.44. The van der Waals surface area contributed by atoms with Gasteiger partial charge in [-0.1, -0.05) is 0 Å². The van der Waals surface area contributed by atoms with Crippen LogP contribution in [0.4, 0.5) is 10.6 Å². The summed E-state index contributed by atoms with van der Waals surface area (Å²) in [6, 6.07) is 3.56. The van der Waals surface area contributed by atoms with Gasteiger partial charge >= 0.3 is 12.1 Å². The van der Waals surface area contributed by atoms with E-state index in [1.54, 1.807) is 26.8 Å². The Labute approximate surface area is 133 Å². The van der Waals surface area contributed by atoms with Crippen molar-refractivity contribution < 1.29 is 19.4 Å². The minimum Gasteiger partial charge on any atom is -0.481 e. The number of hydrogen-bond donors (Lipinski definition) is 1. The highest BCUT2D eigenvalue weighted by molar-refractivity contribution is 5.88. The molecule has 1 amide bonds. The summed E-state index contributed by atoms with van der Waals surface area (Å²) in [4.78, 5) is 28.8. The first-order valence-electron chi connectivity index (χ1n) is 7.20. The van der Waals surface area contributed by atoms with Gasteiger partial charge in [-0.05, 0) is 45.4 Å². The summed E-state index contributed by atoms with van der Waals surface area (Å²) < 4.78 is 6.87. The van der Waals surface area contributed by atoms with Crippen molar-refractivity contribution in [2.75, 3.05) is 11.4 Å². The SMILES string of the molecule is Cc1cc(N(CCC(=O)O)C(=O)OC(C)(C)C)n2ncnc2c1. The van der Waals surface area contributed by atoms with Crippen LogP contribution in [0.15, 0.2) is 18.5 Å². The van der Waals surface area contributed by atoms with Gasteiger partial charge in [0.15, 0.2) is 5.65 Å². The molecule has 0 aliphatic rings. The fourth-order valence-electron chi connectivity index (χ4n) is 2.05. The van der Waals surface area contributed by atoms with Gasteiger partial charge in [0.2, 0.25) is 0 Å². The van der Waals surface area contributed by atoms with Crippen LogP contribution < -0.4 is 4.90 Å². The molecule has 0 bridgehead atoms. The number of aliphatic carboxylic acids is 1. The van der Waals surface area contributed by atoms with E-state index in [4.69, 9.17) is 9.84 Å². The highest BCUT2D eigenvalue weighted by Gasteiger charge is 2.26. The fourth-order valence-corrected chi connectivity index (χ4v) is 2.05. The Bertz CT molecular complexity index is 733. The van der Waals surface area contributed by atoms with Crippen LogP contribution >= 0.6 is 0 Å². The number of carbonyl (C=O) groups is 2. The van der Waals surface area contributed by atoms with Gasteiger partial charge in [0, 0.05) is 6.54 Å². The van der Waals surface area contributed by atoms with Crippen molar-refractivity contribution in [1.82, 2.24) is 14.6 Å². The number of carboxylic acid groups (broad SMARTS) is 1. The summed E-state index contributed by atoms with van der Waals surface area (Å²) in [7, 11) is 0. The van der Waals surface area contributed by atoms with Crippen molar-refractivity contribution in [1.29, 1.82) is 0 Å². The van der Waals surface area contributed by atoms with Gasteiger partial charge in [0.25, 0.3) is 0 Å². The molecule has 0 saturated carbocycles. The molecule has 0 atom stereocenters. The molecule has 8 heteroatoms. The number of fused-ring (bicyclic) bond motifs is 1. The molecule has 2 heterocycles. The van der Waals surface area contributed by atoms with Gasteiger partial charge in [-0.3, -0.25) is 9.69 Å². The third-order valence-electron chi connectivity index (χ3n) is 2.94. The summed E-state index contributed by atoms with van der Waals surface area (Å²) in [5.41, 5.74) is 0.761. The Morgan fingerprint density at radius 2 is 2.04 bits per heavy atom. The highest BCUT2D eigenvalue weighted by atomic mass is 16.6. The minimum absolute atomic E-state index is 0.0251. The molecule has 1 N–H and O–H groups in total. The Morgan fingerprint density at radius 1 is 1.35 bits per heavy atom. The molecule has 0 radical (unpaired) electrons. The predicted molar refractivity (Wildman–Crippen MR) is 83.6 cm³/mol. The molecule has 23 heavy (non-hydrogen) atoms. The lowest BCUT2D eigenvalue weighted by atomic mass is 10.2. The molecule has 0 spiro atoms. The van der Waals surface area contributed by atoms with E-state index >= 15 is 0 Å². The third-order valence-corrected chi connectivity index (χ3v) is 2.94. The summed E-state index contributed by atoms with van der Waals surface area (Å²) in [6.45, 7) is 7.09. The van der Waals surface area contributed by atoms with Crippen molar-refractivity contribution in [2.45, 2.75) is 39.7 Å². The topological polar surface area (TPSA) is 97.0 Å². The lowest BCUT2D eigenvalue weighted by Crippen LogP contribution is -2.39. The highest BCUT2D eigenvalue weighted by Crippen LogP contribution is 2.21. The normalized spacial score (nSPS) is 11.5. The van der Waals surface area contributed by atoms with Crippen LogP contribution in [0.25, 0.3) is 5.65 Å². The number of pyridine rings is 1. The van der Waals surface area contributed by atoms with Gasteiger partial charge in [-0.25, -0.2) is 9.78 Å². The number of aromatic nitrogens is 3. The van der Waals surface area contributed by atoms with E-state index in [0.29, 0.717) is 11.5 Å². The summed E-state index contributed by atoms with van der Waals surface area (Å²) >= 11 is 0. The van der Waals surface area contributed by atoms with Crippen LogP contribution in [0, 0.1) is 6.92 Å². The molecule has 0 aromatic carbocycles. The van der Waals surface area contributed by atoms with Crippen molar-refractivity contribution in [3.05, 3.63) is 24.0 Å². The number of carboxylic acids is 1. The number of aryl methyl sites for hydroxylation is 1. The van der Waals surface area contributed by atoms with Crippen LogP contribution in [0.2, 0.25) is 0 Å². The van der Waals surface area contributed by atoms with Gasteiger partial charge in [0.1, 0.15) is 17.7 Å². The number of carbonyl (C=O) groups excluding carboxylic acids is 1. The number of amides is 1. The van der Waals surface area contributed by atoms with E-state index in [1.807, 2.05) is 13.0 Å². The number of nitrogens with zero attached hydrogens (tertiary/aromatic N) is 4. The van der Waals surface area contributed by atoms with Crippen LogP contribution in [-0.2, 0) is 9.53 Å². The maximum absolute atomic E-state index is 12.5. The van der Waals surface area contributed by atoms with Gasteiger partial charge in [-0.2, -0.15) is 9.61 Å². The molecule has 8 nitrogen and oxygen atoms in total. The standard InChI is InChI=1S/C15H20N4O4/c1-10-7-11-16-9-17-19(11)12(8-10)18(6-5-13(20)21)14(22)23-15(2,3)4/h7-9H,5-6H2,1-4H3,(H,20,21). The first-order valence-corrected chi connectivity index (χ1v) is 7.20. The zero-order chi connectivity index (χ0) is 17.2. The first kappa shape index (κ1) is 16.7. The van der Waals surface area contributed by atoms with Crippen LogP contribution in [0.1, 0.15) is 32.8 Å². The lowest BCUT2D eigenvalue weighted by molar-refractivity contribution is -0.136. The third kappa shape index (κ3) is 4.18. The molecule has 2 aromatic rings. The number of anilines is 1. The van der Waals surface area contributed by atoms with Crippen molar-refractivity contribution in [3.8, 4) is 0 Å². The molecule has 0 aliphatic carbocycles. The average Bonchev–Trinajstić information content (AvgIpc) is 2.84.